The molecule has 1 atom stereocenters. The van der Waals surface area contributed by atoms with Crippen LogP contribution < -0.4 is 10.2 Å². The first-order chi connectivity index (χ1) is 14.4. The van der Waals surface area contributed by atoms with E-state index in [2.05, 4.69) is 5.32 Å². The lowest BCUT2D eigenvalue weighted by Crippen LogP contribution is -2.31. The predicted octanol–water partition coefficient (Wildman–Crippen LogP) is 5.15. The molecule has 3 amide bonds. The summed E-state index contributed by atoms with van der Waals surface area (Å²) in [6.45, 7) is 0. The Labute approximate surface area is 187 Å². The summed E-state index contributed by atoms with van der Waals surface area (Å²) >= 11 is 13.1. The molecule has 3 aromatic carbocycles. The lowest BCUT2D eigenvalue weighted by molar-refractivity contribution is -0.121. The second-order valence-electron chi connectivity index (χ2n) is 6.81. The molecule has 1 heterocycles. The number of nitrogens with zero attached hydrogens (tertiary/aromatic N) is 1. The first-order valence-electron chi connectivity index (χ1n) is 9.14. The van der Waals surface area contributed by atoms with Crippen LogP contribution in [-0.4, -0.2) is 28.7 Å². The predicted molar refractivity (Wildman–Crippen MR) is 122 cm³/mol. The fraction of sp³-hybridized carbons (Fsp3) is 0.136. The molecule has 0 saturated carbocycles. The van der Waals surface area contributed by atoms with Crippen LogP contribution in [-0.2, 0) is 14.4 Å². The molecule has 0 aromatic heterocycles. The second-order valence-corrected chi connectivity index (χ2v) is 8.87. The highest BCUT2D eigenvalue weighted by Crippen LogP contribution is 2.33. The molecule has 30 heavy (non-hydrogen) atoms. The number of hydrogen-bond acceptors (Lipinski definition) is 4. The number of rotatable bonds is 5. The van der Waals surface area contributed by atoms with Crippen molar-refractivity contribution in [3.63, 3.8) is 0 Å². The van der Waals surface area contributed by atoms with E-state index in [1.807, 2.05) is 42.5 Å². The van der Waals surface area contributed by atoms with E-state index in [4.69, 9.17) is 23.2 Å². The van der Waals surface area contributed by atoms with Gasteiger partial charge in [-0.2, -0.15) is 0 Å². The second kappa shape index (κ2) is 8.68. The third-order valence-electron chi connectivity index (χ3n) is 4.66. The summed E-state index contributed by atoms with van der Waals surface area (Å²) in [5.74, 6) is -0.895. The number of nitrogens with one attached hydrogen (secondary N) is 1. The molecule has 152 valence electrons. The SMILES string of the molecule is O=C(CSC1CC(=O)N(c2cc(Cl)cc(Cl)c2)C1=O)Nc1ccc2ccccc2c1. The number of fused-ring (bicyclic) bond motifs is 1. The van der Waals surface area contributed by atoms with Gasteiger partial charge in [-0.3, -0.25) is 14.4 Å². The summed E-state index contributed by atoms with van der Waals surface area (Å²) in [6, 6.07) is 18.1. The van der Waals surface area contributed by atoms with Crippen molar-refractivity contribution in [3.05, 3.63) is 70.7 Å². The summed E-state index contributed by atoms with van der Waals surface area (Å²) in [4.78, 5) is 38.5. The van der Waals surface area contributed by atoms with Gasteiger partial charge in [-0.1, -0.05) is 53.5 Å². The number of carbonyl (C=O) groups is 3. The van der Waals surface area contributed by atoms with Crippen molar-refractivity contribution in [3.8, 4) is 0 Å². The standard InChI is InChI=1S/C22H16Cl2N2O3S/c23-15-8-16(24)10-18(9-15)26-21(28)11-19(22(26)29)30-12-20(27)25-17-6-5-13-3-1-2-4-14(13)7-17/h1-10,19H,11-12H2,(H,25,27). The molecule has 0 radical (unpaired) electrons. The van der Waals surface area contributed by atoms with E-state index >= 15 is 0 Å². The van der Waals surface area contributed by atoms with Crippen molar-refractivity contribution < 1.29 is 14.4 Å². The lowest BCUT2D eigenvalue weighted by Gasteiger charge is -2.15. The summed E-state index contributed by atoms with van der Waals surface area (Å²) in [7, 11) is 0. The monoisotopic (exact) mass is 458 g/mol. The van der Waals surface area contributed by atoms with E-state index in [9.17, 15) is 14.4 Å². The highest BCUT2D eigenvalue weighted by atomic mass is 35.5. The van der Waals surface area contributed by atoms with Gasteiger partial charge >= 0.3 is 0 Å². The van der Waals surface area contributed by atoms with E-state index in [1.165, 1.54) is 18.2 Å². The van der Waals surface area contributed by atoms with Gasteiger partial charge in [0.25, 0.3) is 0 Å². The van der Waals surface area contributed by atoms with Crippen molar-refractivity contribution in [2.24, 2.45) is 0 Å². The van der Waals surface area contributed by atoms with Gasteiger partial charge in [0.1, 0.15) is 0 Å². The van der Waals surface area contributed by atoms with Crippen LogP contribution in [0.15, 0.2) is 60.7 Å². The Morgan fingerprint density at radius 1 is 1.00 bits per heavy atom. The minimum absolute atomic E-state index is 0.0247. The lowest BCUT2D eigenvalue weighted by atomic mass is 10.1. The zero-order valence-electron chi connectivity index (χ0n) is 15.6. The van der Waals surface area contributed by atoms with E-state index in [0.29, 0.717) is 21.4 Å². The molecule has 1 saturated heterocycles. The summed E-state index contributed by atoms with van der Waals surface area (Å²) < 4.78 is 0. The largest absolute Gasteiger partial charge is 0.325 e. The maximum Gasteiger partial charge on any atom is 0.247 e. The molecule has 0 bridgehead atoms. The molecule has 8 heteroatoms. The van der Waals surface area contributed by atoms with Crippen molar-refractivity contribution in [2.45, 2.75) is 11.7 Å². The number of carbonyl (C=O) groups excluding carboxylic acids is 3. The van der Waals surface area contributed by atoms with Gasteiger partial charge in [-0.05, 0) is 41.1 Å². The number of thioether (sulfide) groups is 1. The average Bonchev–Trinajstić information content (AvgIpc) is 2.99. The molecule has 0 spiro atoms. The third kappa shape index (κ3) is 4.46. The molecular formula is C22H16Cl2N2O3S. The van der Waals surface area contributed by atoms with Crippen molar-refractivity contribution in [1.82, 2.24) is 0 Å². The molecule has 1 aliphatic heterocycles. The maximum atomic E-state index is 12.7. The summed E-state index contributed by atoms with van der Waals surface area (Å²) in [5, 5.41) is 4.99. The first kappa shape index (κ1) is 20.7. The Hall–Kier alpha value is -2.54. The van der Waals surface area contributed by atoms with E-state index in [1.54, 1.807) is 0 Å². The minimum atomic E-state index is -0.627. The van der Waals surface area contributed by atoms with Crippen LogP contribution in [0.4, 0.5) is 11.4 Å². The Kier molecular flexibility index (Phi) is 5.99. The quantitative estimate of drug-likeness (QED) is 0.536. The van der Waals surface area contributed by atoms with Crippen LogP contribution in [0.3, 0.4) is 0 Å². The molecule has 4 rings (SSSR count). The highest BCUT2D eigenvalue weighted by molar-refractivity contribution is 8.01. The van der Waals surface area contributed by atoms with Gasteiger partial charge in [0.05, 0.1) is 16.7 Å². The molecular weight excluding hydrogens is 443 g/mol. The molecule has 1 N–H and O–H groups in total. The normalized spacial score (nSPS) is 16.3. The van der Waals surface area contributed by atoms with Crippen LogP contribution in [0.1, 0.15) is 6.42 Å². The zero-order valence-corrected chi connectivity index (χ0v) is 17.9. The minimum Gasteiger partial charge on any atom is -0.325 e. The van der Waals surface area contributed by atoms with E-state index in [-0.39, 0.29) is 29.9 Å². The number of anilines is 2. The van der Waals surface area contributed by atoms with Gasteiger partial charge in [-0.15, -0.1) is 11.8 Å². The van der Waals surface area contributed by atoms with Crippen molar-refractivity contribution >= 4 is 74.8 Å². The van der Waals surface area contributed by atoms with Gasteiger partial charge in [-0.25, -0.2) is 4.90 Å². The number of imide groups is 1. The first-order valence-corrected chi connectivity index (χ1v) is 10.9. The van der Waals surface area contributed by atoms with Crippen LogP contribution in [0, 0.1) is 0 Å². The maximum absolute atomic E-state index is 12.7. The summed E-state index contributed by atoms with van der Waals surface area (Å²) in [6.07, 6.45) is 0.0247. The fourth-order valence-corrected chi connectivity index (χ4v) is 4.76. The summed E-state index contributed by atoms with van der Waals surface area (Å²) in [5.41, 5.74) is 1.02. The molecule has 1 unspecified atom stereocenters. The Balaban J connectivity index is 1.39. The average molecular weight is 459 g/mol. The number of amides is 3. The van der Waals surface area contributed by atoms with E-state index < -0.39 is 5.25 Å². The van der Waals surface area contributed by atoms with Crippen molar-refractivity contribution in [2.75, 3.05) is 16.0 Å². The van der Waals surface area contributed by atoms with Crippen LogP contribution in [0.25, 0.3) is 10.8 Å². The number of benzene rings is 3. The van der Waals surface area contributed by atoms with Crippen LogP contribution >= 0.6 is 35.0 Å². The highest BCUT2D eigenvalue weighted by Gasteiger charge is 2.40. The number of hydrogen-bond donors (Lipinski definition) is 1. The molecule has 5 nitrogen and oxygen atoms in total. The van der Waals surface area contributed by atoms with Gasteiger partial charge < -0.3 is 5.32 Å². The Bertz CT molecular complexity index is 1150. The molecule has 1 fully saturated rings. The Morgan fingerprint density at radius 3 is 2.43 bits per heavy atom. The smallest absolute Gasteiger partial charge is 0.247 e. The van der Waals surface area contributed by atoms with Crippen LogP contribution in [0.2, 0.25) is 10.0 Å². The third-order valence-corrected chi connectivity index (χ3v) is 6.30. The Morgan fingerprint density at radius 2 is 1.70 bits per heavy atom. The molecule has 3 aromatic rings. The fourth-order valence-electron chi connectivity index (χ4n) is 3.31. The topological polar surface area (TPSA) is 66.5 Å². The number of halogens is 2. The van der Waals surface area contributed by atoms with Gasteiger partial charge in [0.2, 0.25) is 17.7 Å². The molecule has 0 aliphatic carbocycles. The van der Waals surface area contributed by atoms with Gasteiger partial charge in [0, 0.05) is 22.2 Å². The van der Waals surface area contributed by atoms with Crippen LogP contribution in [0.5, 0.6) is 0 Å². The zero-order chi connectivity index (χ0) is 21.3. The molecule has 1 aliphatic rings. The van der Waals surface area contributed by atoms with Crippen molar-refractivity contribution in [1.29, 1.82) is 0 Å². The van der Waals surface area contributed by atoms with E-state index in [0.717, 1.165) is 27.4 Å². The van der Waals surface area contributed by atoms with Gasteiger partial charge in [0.15, 0.2) is 0 Å².